The molecule has 1 rings (SSSR count). The summed E-state index contributed by atoms with van der Waals surface area (Å²) in [5.41, 5.74) is 7.34. The van der Waals surface area contributed by atoms with Crippen LogP contribution in [0.5, 0.6) is 0 Å². The highest BCUT2D eigenvalue weighted by Crippen LogP contribution is 2.20. The summed E-state index contributed by atoms with van der Waals surface area (Å²) in [6, 6.07) is 7.43. The molecular formula is C11H18N2O2S. The number of anilines is 2. The van der Waals surface area contributed by atoms with Crippen LogP contribution in [0.2, 0.25) is 0 Å². The van der Waals surface area contributed by atoms with Crippen molar-refractivity contribution in [1.29, 1.82) is 0 Å². The number of rotatable bonds is 5. The van der Waals surface area contributed by atoms with Crippen LogP contribution in [0.15, 0.2) is 24.3 Å². The molecule has 0 saturated carbocycles. The van der Waals surface area contributed by atoms with Crippen LogP contribution < -0.4 is 10.6 Å². The Bertz CT molecular complexity index is 443. The molecule has 0 bridgehead atoms. The van der Waals surface area contributed by atoms with E-state index in [9.17, 15) is 8.42 Å². The summed E-state index contributed by atoms with van der Waals surface area (Å²) < 4.78 is 22.7. The van der Waals surface area contributed by atoms with Crippen molar-refractivity contribution in [2.24, 2.45) is 0 Å². The van der Waals surface area contributed by atoms with Crippen molar-refractivity contribution in [3.8, 4) is 0 Å². The molecule has 0 aromatic heterocycles. The van der Waals surface area contributed by atoms with Crippen molar-refractivity contribution in [1.82, 2.24) is 0 Å². The van der Waals surface area contributed by atoms with E-state index in [-0.39, 0.29) is 11.5 Å². The molecule has 90 valence electrons. The zero-order chi connectivity index (χ0) is 12.2. The molecule has 1 aromatic carbocycles. The van der Waals surface area contributed by atoms with E-state index in [0.717, 1.165) is 5.69 Å². The number of hydrogen-bond acceptors (Lipinski definition) is 4. The lowest BCUT2D eigenvalue weighted by Crippen LogP contribution is -2.26. The zero-order valence-corrected chi connectivity index (χ0v) is 10.5. The van der Waals surface area contributed by atoms with Crippen LogP contribution in [-0.2, 0) is 9.84 Å². The van der Waals surface area contributed by atoms with E-state index in [1.54, 1.807) is 13.0 Å². The van der Waals surface area contributed by atoms with Gasteiger partial charge in [0, 0.05) is 19.3 Å². The predicted octanol–water partition coefficient (Wildman–Crippen LogP) is 1.14. The van der Waals surface area contributed by atoms with Crippen LogP contribution in [0, 0.1) is 0 Å². The van der Waals surface area contributed by atoms with Gasteiger partial charge in [0.05, 0.1) is 17.1 Å². The molecule has 0 aliphatic carbocycles. The first-order valence-corrected chi connectivity index (χ1v) is 7.04. The second-order valence-corrected chi connectivity index (χ2v) is 6.19. The van der Waals surface area contributed by atoms with Gasteiger partial charge in [-0.2, -0.15) is 0 Å². The van der Waals surface area contributed by atoms with E-state index in [1.807, 2.05) is 30.1 Å². The second-order valence-electron chi connectivity index (χ2n) is 3.72. The van der Waals surface area contributed by atoms with Gasteiger partial charge in [-0.1, -0.05) is 19.1 Å². The summed E-state index contributed by atoms with van der Waals surface area (Å²) in [6.07, 6.45) is 0. The third-order valence-corrected chi connectivity index (χ3v) is 4.21. The fraction of sp³-hybridized carbons (Fsp3) is 0.455. The summed E-state index contributed by atoms with van der Waals surface area (Å²) >= 11 is 0. The predicted molar refractivity (Wildman–Crippen MR) is 68.5 cm³/mol. The third-order valence-electron chi connectivity index (χ3n) is 2.53. The van der Waals surface area contributed by atoms with Gasteiger partial charge in [-0.15, -0.1) is 0 Å². The standard InChI is InChI=1S/C11H18N2O2S/c1-3-16(14,15)9-8-13(2)11-7-5-4-6-10(11)12/h4-7H,3,8-9,12H2,1-2H3. The van der Waals surface area contributed by atoms with E-state index in [2.05, 4.69) is 0 Å². The van der Waals surface area contributed by atoms with E-state index in [0.29, 0.717) is 12.2 Å². The summed E-state index contributed by atoms with van der Waals surface area (Å²) in [7, 11) is -1.07. The molecule has 1 aromatic rings. The maximum Gasteiger partial charge on any atom is 0.151 e. The van der Waals surface area contributed by atoms with Crippen molar-refractivity contribution in [3.05, 3.63) is 24.3 Å². The highest BCUT2D eigenvalue weighted by molar-refractivity contribution is 7.91. The highest BCUT2D eigenvalue weighted by atomic mass is 32.2. The van der Waals surface area contributed by atoms with Crippen molar-refractivity contribution in [2.45, 2.75) is 6.92 Å². The lowest BCUT2D eigenvalue weighted by molar-refractivity contribution is 0.596. The summed E-state index contributed by atoms with van der Waals surface area (Å²) in [4.78, 5) is 1.86. The summed E-state index contributed by atoms with van der Waals surface area (Å²) in [5, 5.41) is 0. The zero-order valence-electron chi connectivity index (χ0n) is 9.68. The van der Waals surface area contributed by atoms with Crippen LogP contribution in [-0.4, -0.2) is 33.5 Å². The van der Waals surface area contributed by atoms with Crippen molar-refractivity contribution < 1.29 is 8.42 Å². The van der Waals surface area contributed by atoms with Gasteiger partial charge in [0.1, 0.15) is 0 Å². The SMILES string of the molecule is CCS(=O)(=O)CCN(C)c1ccccc1N. The first-order valence-electron chi connectivity index (χ1n) is 5.22. The highest BCUT2D eigenvalue weighted by Gasteiger charge is 2.10. The maximum atomic E-state index is 11.4. The fourth-order valence-corrected chi connectivity index (χ4v) is 2.22. The van der Waals surface area contributed by atoms with Crippen molar-refractivity contribution in [3.63, 3.8) is 0 Å². The van der Waals surface area contributed by atoms with Crippen LogP contribution in [0.25, 0.3) is 0 Å². The number of para-hydroxylation sites is 2. The molecule has 0 radical (unpaired) electrons. The molecule has 0 aliphatic rings. The lowest BCUT2D eigenvalue weighted by atomic mass is 10.2. The van der Waals surface area contributed by atoms with E-state index >= 15 is 0 Å². The molecule has 5 heteroatoms. The van der Waals surface area contributed by atoms with E-state index < -0.39 is 9.84 Å². The number of nitrogens with zero attached hydrogens (tertiary/aromatic N) is 1. The average molecular weight is 242 g/mol. The molecule has 0 spiro atoms. The summed E-state index contributed by atoms with van der Waals surface area (Å²) in [5.74, 6) is 0.347. The Morgan fingerprint density at radius 3 is 2.50 bits per heavy atom. The van der Waals surface area contributed by atoms with Gasteiger partial charge in [-0.3, -0.25) is 0 Å². The molecule has 4 nitrogen and oxygen atoms in total. The minimum atomic E-state index is -2.92. The Labute approximate surface area is 97.0 Å². The van der Waals surface area contributed by atoms with Gasteiger partial charge in [0.15, 0.2) is 9.84 Å². The number of benzene rings is 1. The molecule has 0 aliphatic heterocycles. The first kappa shape index (κ1) is 12.8. The quantitative estimate of drug-likeness (QED) is 0.786. The van der Waals surface area contributed by atoms with Gasteiger partial charge in [0.2, 0.25) is 0 Å². The van der Waals surface area contributed by atoms with Crippen LogP contribution in [0.4, 0.5) is 11.4 Å². The van der Waals surface area contributed by atoms with Crippen LogP contribution >= 0.6 is 0 Å². The lowest BCUT2D eigenvalue weighted by Gasteiger charge is -2.20. The largest absolute Gasteiger partial charge is 0.397 e. The molecule has 0 fully saturated rings. The normalized spacial score (nSPS) is 11.4. The van der Waals surface area contributed by atoms with Crippen LogP contribution in [0.1, 0.15) is 6.92 Å². The number of nitrogen functional groups attached to an aromatic ring is 1. The number of nitrogens with two attached hydrogens (primary N) is 1. The molecule has 0 atom stereocenters. The second kappa shape index (κ2) is 5.21. The Morgan fingerprint density at radius 1 is 1.31 bits per heavy atom. The summed E-state index contributed by atoms with van der Waals surface area (Å²) in [6.45, 7) is 2.12. The maximum absolute atomic E-state index is 11.4. The minimum Gasteiger partial charge on any atom is -0.397 e. The molecule has 16 heavy (non-hydrogen) atoms. The van der Waals surface area contributed by atoms with Gasteiger partial charge in [-0.05, 0) is 12.1 Å². The van der Waals surface area contributed by atoms with Gasteiger partial charge in [-0.25, -0.2) is 8.42 Å². The number of sulfone groups is 1. The van der Waals surface area contributed by atoms with E-state index in [1.165, 1.54) is 0 Å². The fourth-order valence-electron chi connectivity index (χ4n) is 1.38. The topological polar surface area (TPSA) is 63.4 Å². The average Bonchev–Trinajstić information content (AvgIpc) is 2.27. The molecule has 0 saturated heterocycles. The smallest absolute Gasteiger partial charge is 0.151 e. The molecule has 0 unspecified atom stereocenters. The third kappa shape index (κ3) is 3.41. The van der Waals surface area contributed by atoms with Gasteiger partial charge >= 0.3 is 0 Å². The van der Waals surface area contributed by atoms with Crippen molar-refractivity contribution >= 4 is 21.2 Å². The monoisotopic (exact) mass is 242 g/mol. The molecular weight excluding hydrogens is 224 g/mol. The molecule has 2 N–H and O–H groups in total. The Hall–Kier alpha value is -1.23. The Balaban J connectivity index is 2.67. The van der Waals surface area contributed by atoms with E-state index in [4.69, 9.17) is 5.73 Å². The number of hydrogen-bond donors (Lipinski definition) is 1. The minimum absolute atomic E-state index is 0.161. The first-order chi connectivity index (χ1) is 7.46. The van der Waals surface area contributed by atoms with Gasteiger partial charge in [0.25, 0.3) is 0 Å². The Morgan fingerprint density at radius 2 is 1.94 bits per heavy atom. The molecule has 0 heterocycles. The van der Waals surface area contributed by atoms with Gasteiger partial charge < -0.3 is 10.6 Å². The van der Waals surface area contributed by atoms with Crippen LogP contribution in [0.3, 0.4) is 0 Å². The van der Waals surface area contributed by atoms with Crippen molar-refractivity contribution in [2.75, 3.05) is 35.7 Å². The Kier molecular flexibility index (Phi) is 4.18. The molecule has 0 amide bonds.